The first-order valence-electron chi connectivity index (χ1n) is 8.04. The molecule has 4 nitrogen and oxygen atoms in total. The van der Waals surface area contributed by atoms with Crippen molar-refractivity contribution in [3.63, 3.8) is 0 Å². The van der Waals surface area contributed by atoms with E-state index in [0.29, 0.717) is 17.4 Å². The maximum atomic E-state index is 10.4. The molecule has 0 bridgehead atoms. The van der Waals surface area contributed by atoms with Gasteiger partial charge in [0.05, 0.1) is 31.4 Å². The smallest absolute Gasteiger partial charge is 0.216 e. The summed E-state index contributed by atoms with van der Waals surface area (Å²) in [4.78, 5) is 0. The van der Waals surface area contributed by atoms with Crippen LogP contribution in [0.25, 0.3) is 11.3 Å². The van der Waals surface area contributed by atoms with Gasteiger partial charge in [0.2, 0.25) is 5.69 Å². The van der Waals surface area contributed by atoms with Crippen LogP contribution in [-0.4, -0.2) is 19.3 Å². The topological polar surface area (TPSA) is 42.6 Å². The van der Waals surface area contributed by atoms with Crippen molar-refractivity contribution in [3.8, 4) is 28.5 Å². The van der Waals surface area contributed by atoms with Crippen molar-refractivity contribution in [3.05, 3.63) is 35.5 Å². The second-order valence-electron chi connectivity index (χ2n) is 6.47. The molecule has 1 aliphatic rings. The summed E-state index contributed by atoms with van der Waals surface area (Å²) < 4.78 is 13.1. The highest BCUT2D eigenvalue weighted by Gasteiger charge is 2.27. The summed E-state index contributed by atoms with van der Waals surface area (Å²) in [6, 6.07) is 5.92. The minimum absolute atomic E-state index is 0.368. The predicted octanol–water partition coefficient (Wildman–Crippen LogP) is 3.12. The van der Waals surface area contributed by atoms with E-state index in [1.54, 1.807) is 14.2 Å². The number of aryl methyl sites for hydroxylation is 2. The van der Waals surface area contributed by atoms with Gasteiger partial charge in [-0.25, -0.2) is 0 Å². The number of rotatable bonds is 4. The number of methoxy groups -OCH3 is 2. The second kappa shape index (κ2) is 6.11. The first-order chi connectivity index (χ1) is 11.0. The molecule has 1 aromatic heterocycles. The summed E-state index contributed by atoms with van der Waals surface area (Å²) in [7, 11) is 3.30. The molecule has 0 saturated heterocycles. The lowest BCUT2D eigenvalue weighted by Gasteiger charge is -2.19. The van der Waals surface area contributed by atoms with Gasteiger partial charge in [0.25, 0.3) is 0 Å². The normalized spacial score (nSPS) is 12.7. The first kappa shape index (κ1) is 15.7. The lowest BCUT2D eigenvalue weighted by molar-refractivity contribution is -0.688. The Morgan fingerprint density at radius 1 is 1.13 bits per heavy atom. The minimum Gasteiger partial charge on any atom is -0.507 e. The van der Waals surface area contributed by atoms with Gasteiger partial charge in [0.15, 0.2) is 24.2 Å². The van der Waals surface area contributed by atoms with E-state index < -0.39 is 0 Å². The highest BCUT2D eigenvalue weighted by atomic mass is 16.5. The molecule has 23 heavy (non-hydrogen) atoms. The van der Waals surface area contributed by atoms with Gasteiger partial charge in [-0.05, 0) is 30.0 Å². The Hall–Kier alpha value is -2.23. The van der Waals surface area contributed by atoms with Gasteiger partial charge in [-0.1, -0.05) is 13.8 Å². The van der Waals surface area contributed by atoms with Crippen LogP contribution in [0.3, 0.4) is 0 Å². The number of hydrogen-bond donors (Lipinski definition) is 1. The SMILES string of the molecule is COc1cc2c(cc1OC)-c1cc(O)c(CC(C)C)c[n+]1CC2. The maximum absolute atomic E-state index is 10.4. The Morgan fingerprint density at radius 2 is 1.83 bits per heavy atom. The zero-order chi connectivity index (χ0) is 16.6. The number of pyridine rings is 1. The van der Waals surface area contributed by atoms with Crippen LogP contribution in [0.1, 0.15) is 25.0 Å². The predicted molar refractivity (Wildman–Crippen MR) is 89.1 cm³/mol. The van der Waals surface area contributed by atoms with Gasteiger partial charge in [-0.3, -0.25) is 0 Å². The van der Waals surface area contributed by atoms with Crippen molar-refractivity contribution in [2.75, 3.05) is 14.2 Å². The zero-order valence-corrected chi connectivity index (χ0v) is 14.2. The number of hydrogen-bond acceptors (Lipinski definition) is 3. The maximum Gasteiger partial charge on any atom is 0.216 e. The molecule has 0 atom stereocenters. The monoisotopic (exact) mass is 314 g/mol. The average Bonchev–Trinajstić information content (AvgIpc) is 2.53. The molecule has 2 heterocycles. The Balaban J connectivity index is 2.12. The van der Waals surface area contributed by atoms with E-state index >= 15 is 0 Å². The van der Waals surface area contributed by atoms with Crippen molar-refractivity contribution in [1.29, 1.82) is 0 Å². The van der Waals surface area contributed by atoms with E-state index in [0.717, 1.165) is 42.0 Å². The Bertz CT molecular complexity index is 738. The van der Waals surface area contributed by atoms with E-state index in [2.05, 4.69) is 24.6 Å². The lowest BCUT2D eigenvalue weighted by atomic mass is 9.94. The number of nitrogens with zero attached hydrogens (tertiary/aromatic N) is 1. The fraction of sp³-hybridized carbons (Fsp3) is 0.421. The van der Waals surface area contributed by atoms with Crippen LogP contribution in [0.5, 0.6) is 17.2 Å². The van der Waals surface area contributed by atoms with Crippen LogP contribution in [0.2, 0.25) is 0 Å². The van der Waals surface area contributed by atoms with E-state index in [1.807, 2.05) is 18.2 Å². The van der Waals surface area contributed by atoms with Crippen molar-refractivity contribution in [1.82, 2.24) is 0 Å². The van der Waals surface area contributed by atoms with Gasteiger partial charge in [-0.15, -0.1) is 0 Å². The number of ether oxygens (including phenoxy) is 2. The standard InChI is InChI=1S/C19H23NO3/c1-12(2)7-14-11-20-6-5-13-8-18(22-3)19(23-4)9-15(13)16(20)10-17(14)21/h8-12H,5-7H2,1-4H3/p+1. The van der Waals surface area contributed by atoms with Crippen LogP contribution in [0.4, 0.5) is 0 Å². The van der Waals surface area contributed by atoms with Crippen LogP contribution < -0.4 is 14.0 Å². The lowest BCUT2D eigenvalue weighted by Crippen LogP contribution is -2.40. The third-order valence-corrected chi connectivity index (χ3v) is 4.36. The summed E-state index contributed by atoms with van der Waals surface area (Å²) in [5.41, 5.74) is 4.35. The first-order valence-corrected chi connectivity index (χ1v) is 8.04. The van der Waals surface area contributed by atoms with Crippen molar-refractivity contribution in [2.45, 2.75) is 33.2 Å². The minimum atomic E-state index is 0.368. The third-order valence-electron chi connectivity index (χ3n) is 4.36. The second-order valence-corrected chi connectivity index (χ2v) is 6.47. The molecule has 0 aliphatic carbocycles. The van der Waals surface area contributed by atoms with E-state index in [4.69, 9.17) is 9.47 Å². The van der Waals surface area contributed by atoms with Gasteiger partial charge >= 0.3 is 0 Å². The van der Waals surface area contributed by atoms with Crippen molar-refractivity contribution in [2.24, 2.45) is 5.92 Å². The molecule has 0 spiro atoms. The molecule has 1 N–H and O–H groups in total. The van der Waals surface area contributed by atoms with Gasteiger partial charge in [0.1, 0.15) is 5.75 Å². The molecule has 0 amide bonds. The summed E-state index contributed by atoms with van der Waals surface area (Å²) in [6.45, 7) is 5.23. The zero-order valence-electron chi connectivity index (χ0n) is 14.2. The molecular formula is C19H24NO3+. The molecule has 1 aliphatic heterocycles. The number of fused-ring (bicyclic) bond motifs is 3. The Morgan fingerprint density at radius 3 is 2.48 bits per heavy atom. The number of benzene rings is 1. The summed E-state index contributed by atoms with van der Waals surface area (Å²) in [5.74, 6) is 2.35. The summed E-state index contributed by atoms with van der Waals surface area (Å²) >= 11 is 0. The molecule has 0 unspecified atom stereocenters. The molecule has 3 rings (SSSR count). The van der Waals surface area contributed by atoms with Crippen LogP contribution in [0, 0.1) is 5.92 Å². The molecular weight excluding hydrogens is 290 g/mol. The van der Waals surface area contributed by atoms with Gasteiger partial charge in [0, 0.05) is 6.42 Å². The molecule has 4 heteroatoms. The molecule has 122 valence electrons. The highest BCUT2D eigenvalue weighted by Crippen LogP contribution is 2.37. The Labute approximate surface area is 137 Å². The summed E-state index contributed by atoms with van der Waals surface area (Å²) in [6.07, 6.45) is 3.91. The molecule has 1 aromatic carbocycles. The van der Waals surface area contributed by atoms with Crippen LogP contribution >= 0.6 is 0 Å². The molecule has 2 aromatic rings. The Kier molecular flexibility index (Phi) is 4.16. The van der Waals surface area contributed by atoms with E-state index in [-0.39, 0.29) is 0 Å². The van der Waals surface area contributed by atoms with Crippen molar-refractivity contribution < 1.29 is 19.1 Å². The van der Waals surface area contributed by atoms with E-state index in [9.17, 15) is 5.11 Å². The van der Waals surface area contributed by atoms with E-state index in [1.165, 1.54) is 5.56 Å². The van der Waals surface area contributed by atoms with Crippen LogP contribution in [-0.2, 0) is 19.4 Å². The van der Waals surface area contributed by atoms with Crippen molar-refractivity contribution >= 4 is 0 Å². The molecule has 0 saturated carbocycles. The largest absolute Gasteiger partial charge is 0.507 e. The third kappa shape index (κ3) is 2.85. The van der Waals surface area contributed by atoms with Crippen LogP contribution in [0.15, 0.2) is 24.4 Å². The quantitative estimate of drug-likeness (QED) is 0.882. The number of aromatic nitrogens is 1. The van der Waals surface area contributed by atoms with Gasteiger partial charge in [-0.2, -0.15) is 4.57 Å². The fourth-order valence-electron chi connectivity index (χ4n) is 3.25. The van der Waals surface area contributed by atoms with Gasteiger partial charge < -0.3 is 14.6 Å². The fourth-order valence-corrected chi connectivity index (χ4v) is 3.25. The number of aromatic hydroxyl groups is 1. The molecule has 0 fully saturated rings. The molecule has 0 radical (unpaired) electrons. The highest BCUT2D eigenvalue weighted by molar-refractivity contribution is 5.68. The average molecular weight is 314 g/mol. The summed E-state index contributed by atoms with van der Waals surface area (Å²) in [5, 5.41) is 10.4.